The molecule has 2 fully saturated rings. The number of hydrogen-bond donors (Lipinski definition) is 20. The number of anilines is 1. The van der Waals surface area contributed by atoms with Crippen molar-refractivity contribution in [1.82, 2.24) is 42.5 Å². The van der Waals surface area contributed by atoms with Gasteiger partial charge in [0.1, 0.15) is 107 Å². The molecule has 7 heterocycles. The minimum Gasteiger partial charge on any atom is -0.508 e. The molecule has 7 aliphatic heterocycles. The van der Waals surface area contributed by atoms with E-state index in [1.165, 1.54) is 45.2 Å². The van der Waals surface area contributed by atoms with E-state index in [1.807, 2.05) is 19.9 Å². The molecule has 7 aliphatic rings. The van der Waals surface area contributed by atoms with Gasteiger partial charge in [0.05, 0.1) is 47.9 Å². The maximum absolute atomic E-state index is 16.3. The van der Waals surface area contributed by atoms with Gasteiger partial charge in [0.25, 0.3) is 0 Å². The number of phenols is 3. The van der Waals surface area contributed by atoms with Crippen molar-refractivity contribution in [2.24, 2.45) is 17.4 Å². The molecule has 22 N–H and O–H groups in total. The first-order valence-electron chi connectivity index (χ1n) is 37.2. The number of likely N-dealkylation sites (N-methyl/N-ethyl adjacent to an activating group) is 1. The van der Waals surface area contributed by atoms with Gasteiger partial charge < -0.3 is 138 Å². The van der Waals surface area contributed by atoms with E-state index in [9.17, 15) is 69.9 Å². The number of aliphatic hydroxyl groups excluding tert-OH is 6. The summed E-state index contributed by atoms with van der Waals surface area (Å²) >= 11 is 14.3. The lowest BCUT2D eigenvalue weighted by atomic mass is 9.86. The molecule has 18 atom stereocenters. The molecule has 3 unspecified atom stereocenters. The molecule has 0 radical (unpaired) electrons. The molecule has 2 saturated heterocycles. The third-order valence-electron chi connectivity index (χ3n) is 20.3. The molecule has 0 saturated carbocycles. The second kappa shape index (κ2) is 36.2. The van der Waals surface area contributed by atoms with Crippen LogP contribution in [0.25, 0.3) is 11.1 Å². The van der Waals surface area contributed by atoms with E-state index in [-0.39, 0.29) is 51.9 Å². The van der Waals surface area contributed by atoms with Crippen molar-refractivity contribution in [3.63, 3.8) is 0 Å². The average molecular weight is 1670 g/mol. The largest absolute Gasteiger partial charge is 0.508 e. The zero-order valence-corrected chi connectivity index (χ0v) is 65.1. The Morgan fingerprint density at radius 1 is 0.669 bits per heavy atom. The molecule has 36 nitrogen and oxygen atoms in total. The van der Waals surface area contributed by atoms with Crippen molar-refractivity contribution in [3.05, 3.63) is 171 Å². The summed E-state index contributed by atoms with van der Waals surface area (Å²) in [5, 5.41) is 127. The first-order valence-corrected chi connectivity index (χ1v) is 38.0. The molecule has 118 heavy (non-hydrogen) atoms. The van der Waals surface area contributed by atoms with Crippen LogP contribution < -0.4 is 78.3 Å². The van der Waals surface area contributed by atoms with Gasteiger partial charge in [-0.1, -0.05) is 73.4 Å². The molecular weight excluding hydrogens is 1590 g/mol. The van der Waals surface area contributed by atoms with Crippen molar-refractivity contribution >= 4 is 82.1 Å². The number of nitrogens with one attached hydrogen (secondary N) is 9. The Morgan fingerprint density at radius 2 is 1.29 bits per heavy atom. The lowest BCUT2D eigenvalue weighted by molar-refractivity contribution is -0.333. The van der Waals surface area contributed by atoms with E-state index in [1.54, 1.807) is 36.4 Å². The number of hydrogen-bond acceptors (Lipinski definition) is 27. The number of fused-ring (bicyclic) bond motifs is 15. The number of para-hydroxylation sites is 1. The highest BCUT2D eigenvalue weighted by Crippen LogP contribution is 2.50. The number of nitrogens with two attached hydrogens (primary N) is 2. The summed E-state index contributed by atoms with van der Waals surface area (Å²) in [4.78, 5) is 134. The number of benzene rings is 7. The second-order valence-corrected chi connectivity index (χ2v) is 30.4. The summed E-state index contributed by atoms with van der Waals surface area (Å²) < 4.78 is 44.5. The third kappa shape index (κ3) is 19.2. The van der Waals surface area contributed by atoms with Crippen molar-refractivity contribution in [2.45, 2.75) is 156 Å². The number of primary amides is 1. The van der Waals surface area contributed by atoms with Gasteiger partial charge in [0, 0.05) is 34.8 Å². The van der Waals surface area contributed by atoms with Crippen LogP contribution in [0.4, 0.5) is 5.69 Å². The third-order valence-corrected chi connectivity index (χ3v) is 20.9. The summed E-state index contributed by atoms with van der Waals surface area (Å²) in [7, 11) is 1.47. The molecule has 626 valence electrons. The van der Waals surface area contributed by atoms with Crippen LogP contribution in [-0.4, -0.2) is 198 Å². The Labute approximate surface area is 682 Å². The molecule has 38 heteroatoms. The van der Waals surface area contributed by atoms with E-state index in [0.717, 1.165) is 66.7 Å². The lowest BCUT2D eigenvalue weighted by Gasteiger charge is -2.47. The normalized spacial score (nSPS) is 26.7. The summed E-state index contributed by atoms with van der Waals surface area (Å²) in [6.07, 6.45) is -18.8. The zero-order chi connectivity index (χ0) is 85.0. The average Bonchev–Trinajstić information content (AvgIpc) is 0.764. The van der Waals surface area contributed by atoms with Crippen LogP contribution in [0.2, 0.25) is 10.0 Å². The van der Waals surface area contributed by atoms with Gasteiger partial charge in [-0.05, 0) is 152 Å². The Bertz CT molecular complexity index is 4990. The number of carbonyl (C=O) groups is 9. The Morgan fingerprint density at radius 3 is 1.91 bits per heavy atom. The fourth-order valence-corrected chi connectivity index (χ4v) is 14.7. The van der Waals surface area contributed by atoms with E-state index in [2.05, 4.69) is 47.9 Å². The number of halogens is 2. The summed E-state index contributed by atoms with van der Waals surface area (Å²) in [5.41, 5.74) is 8.37. The Hall–Kier alpha value is -11.5. The number of carbonyl (C=O) groups excluding carboxylic acids is 9. The molecule has 14 rings (SSSR count). The minimum absolute atomic E-state index is 0.111. The van der Waals surface area contributed by atoms with Gasteiger partial charge in [-0.2, -0.15) is 0 Å². The smallest absolute Gasteiger partial charge is 0.248 e. The van der Waals surface area contributed by atoms with E-state index < -0.39 is 250 Å². The van der Waals surface area contributed by atoms with Crippen LogP contribution >= 0.6 is 23.2 Å². The molecule has 0 aromatic heterocycles. The first kappa shape index (κ1) is 85.9. The highest BCUT2D eigenvalue weighted by molar-refractivity contribution is 6.32. The van der Waals surface area contributed by atoms with E-state index in [0.29, 0.717) is 11.5 Å². The monoisotopic (exact) mass is 1670 g/mol. The van der Waals surface area contributed by atoms with Gasteiger partial charge in [-0.3, -0.25) is 43.2 Å². The number of phenolic OH excluding ortho intramolecular Hbond substituents is 3. The maximum Gasteiger partial charge on any atom is 0.248 e. The van der Waals surface area contributed by atoms with Crippen LogP contribution in [0.15, 0.2) is 133 Å². The second-order valence-electron chi connectivity index (χ2n) is 29.6. The zero-order valence-electron chi connectivity index (χ0n) is 63.6. The van der Waals surface area contributed by atoms with E-state index in [4.69, 9.17) is 67.8 Å². The number of amides is 9. The van der Waals surface area contributed by atoms with Gasteiger partial charge in [0.2, 0.25) is 65.2 Å². The predicted molar refractivity (Wildman–Crippen MR) is 416 cm³/mol. The molecule has 7 aromatic rings. The molecule has 0 aliphatic carbocycles. The van der Waals surface area contributed by atoms with Gasteiger partial charge in [-0.25, -0.2) is 0 Å². The number of rotatable bonds is 18. The number of ether oxygens (including phenoxy) is 7. The SMILES string of the molecule is CN[C@H](CC(C)C)C(=O)N[C@H]1C(=O)N[C@@H](CC(N)=O)C(=O)NC2C(=O)N[C@H]3C(=O)N[C@H](C(=O)NC(C(=O)NCC(=O)Nc4ccc(Oc5ccccc5)cc4)c4cc(O)cc(O)c4-c4cc3ccc4O)[C@H](O)c3ccc(c(Cl)c3)Oc3cc2cc(c3O[C@@H]2O[C@H](CO)[C@@H](O)[C@H](O)[C@H]2OC2C[C@](C)(N)[C@H](O)[C@H](C)O2)Oc2ccc(cc2Cl)[C@H]1O. The predicted octanol–water partition coefficient (Wildman–Crippen LogP) is 2.57. The van der Waals surface area contributed by atoms with Crippen LogP contribution in [0.3, 0.4) is 0 Å². The number of aliphatic hydroxyl groups is 6. The van der Waals surface area contributed by atoms with Gasteiger partial charge in [0.15, 0.2) is 23.9 Å². The molecule has 0 spiro atoms. The van der Waals surface area contributed by atoms with Crippen LogP contribution in [-0.2, 0) is 57.4 Å². The highest BCUT2D eigenvalue weighted by atomic mass is 35.5. The lowest BCUT2D eigenvalue weighted by Crippen LogP contribution is -2.64. The van der Waals surface area contributed by atoms with Crippen LogP contribution in [0.5, 0.6) is 57.5 Å². The summed E-state index contributed by atoms with van der Waals surface area (Å²) in [6.45, 7) is 4.82. The minimum atomic E-state index is -2.38. The Balaban J connectivity index is 1.03. The molecular formula is C80H87Cl2N11O25. The summed E-state index contributed by atoms with van der Waals surface area (Å²) in [5.74, 6) is -15.4. The fourth-order valence-electron chi connectivity index (χ4n) is 14.2. The molecule has 9 amide bonds. The van der Waals surface area contributed by atoms with Crippen molar-refractivity contribution < 1.29 is 122 Å². The van der Waals surface area contributed by atoms with Crippen molar-refractivity contribution in [1.29, 1.82) is 0 Å². The molecule has 7 aromatic carbocycles. The quantitative estimate of drug-likeness (QED) is 0.0587. The van der Waals surface area contributed by atoms with Crippen LogP contribution in [0.1, 0.15) is 105 Å². The highest BCUT2D eigenvalue weighted by Gasteiger charge is 2.52. The topological polar surface area (TPSA) is 561 Å². The van der Waals surface area contributed by atoms with E-state index >= 15 is 19.2 Å². The summed E-state index contributed by atoms with van der Waals surface area (Å²) in [6, 6.07) is 14.4. The van der Waals surface area contributed by atoms with Crippen LogP contribution in [0, 0.1) is 5.92 Å². The Kier molecular flexibility index (Phi) is 26.3. The fraction of sp³-hybridized carbons (Fsp3) is 0.362. The molecule has 11 bridgehead atoms. The van der Waals surface area contributed by atoms with Crippen molar-refractivity contribution in [3.8, 4) is 68.6 Å². The number of aromatic hydroxyl groups is 3. The first-order chi connectivity index (χ1) is 56.1. The standard InChI is InChI=1S/C80H87Cl2N11O25/c1-33(2)21-47(85-5)72(105)92-63-65(100)36-12-19-51(45(81)23-36)114-53-25-38-26-54(69(53)118-79-70(68(103)67(102)55(32-94)116-79)117-58-30-80(4,84)71(104)34(3)112-58)115-52-20-13-37(24-46(52)82)66(101)64-78(111)91-62(74(107)86-31-57(99)87-39-14-16-42(17-15-39)113-41-9-7-6-8-10-41)44-27-40(95)28-50(97)59(44)43-22-35(11-18-49(43)96)60(75(108)93-64)90-76(109)61(38)89-73(106)48(29-56(83)98)88-77(63)110/h6-20,22-28,33-34,47-48,55,58,60-68,70-71,79,85,94-97,100-104H,21,29-32,84H2,1-5H3,(H2,83,98)(H,86,107)(H,87,99)(H,88,110)(H,89,106)(H,90,109)(H,91,111)(H,92,105)(H,93,108)/t34-,47+,48-,55+,58?,60+,61?,62?,63+,64-,65+,66+,67+,68-,70+,71+,79-,80-/m0/s1. The van der Waals surface area contributed by atoms with Gasteiger partial charge in [-0.15, -0.1) is 0 Å². The maximum atomic E-state index is 16.3. The van der Waals surface area contributed by atoms with Gasteiger partial charge >= 0.3 is 0 Å². The van der Waals surface area contributed by atoms with Crippen molar-refractivity contribution in [2.75, 3.05) is 25.5 Å².